The SMILES string of the molecule is Cc1cc(SCCCCN)n(C)n1. The maximum atomic E-state index is 5.42. The van der Waals surface area contributed by atoms with E-state index in [1.807, 2.05) is 30.4 Å². The van der Waals surface area contributed by atoms with Crippen molar-refractivity contribution in [2.75, 3.05) is 12.3 Å². The molecule has 4 heteroatoms. The van der Waals surface area contributed by atoms with Gasteiger partial charge in [-0.05, 0) is 38.1 Å². The highest BCUT2D eigenvalue weighted by molar-refractivity contribution is 7.99. The van der Waals surface area contributed by atoms with E-state index in [2.05, 4.69) is 11.2 Å². The second-order valence-electron chi connectivity index (χ2n) is 3.09. The summed E-state index contributed by atoms with van der Waals surface area (Å²) in [4.78, 5) is 0. The lowest BCUT2D eigenvalue weighted by atomic mass is 10.3. The fourth-order valence-electron chi connectivity index (χ4n) is 1.15. The molecule has 1 aromatic rings. The molecule has 0 bridgehead atoms. The van der Waals surface area contributed by atoms with E-state index >= 15 is 0 Å². The number of aromatic nitrogens is 2. The summed E-state index contributed by atoms with van der Waals surface area (Å²) in [5.74, 6) is 1.14. The Morgan fingerprint density at radius 2 is 2.31 bits per heavy atom. The molecule has 3 nitrogen and oxygen atoms in total. The minimum atomic E-state index is 0.797. The molecule has 0 saturated heterocycles. The maximum absolute atomic E-state index is 5.42. The van der Waals surface area contributed by atoms with Crippen LogP contribution in [0, 0.1) is 6.92 Å². The molecule has 2 N–H and O–H groups in total. The van der Waals surface area contributed by atoms with Gasteiger partial charge in [0.1, 0.15) is 0 Å². The molecule has 1 rings (SSSR count). The minimum absolute atomic E-state index is 0.797. The second kappa shape index (κ2) is 5.29. The van der Waals surface area contributed by atoms with E-state index in [1.54, 1.807) is 0 Å². The van der Waals surface area contributed by atoms with Gasteiger partial charge in [0.05, 0.1) is 10.7 Å². The van der Waals surface area contributed by atoms with Crippen LogP contribution in [0.2, 0.25) is 0 Å². The van der Waals surface area contributed by atoms with E-state index in [-0.39, 0.29) is 0 Å². The molecule has 0 radical (unpaired) electrons. The standard InChI is InChI=1S/C9H17N3S/c1-8-7-9(12(2)11-8)13-6-4-3-5-10/h7H,3-6,10H2,1-2H3. The monoisotopic (exact) mass is 199 g/mol. The molecule has 0 unspecified atom stereocenters. The number of nitrogens with two attached hydrogens (primary N) is 1. The Morgan fingerprint density at radius 1 is 1.54 bits per heavy atom. The Kier molecular flexibility index (Phi) is 4.32. The third-order valence-electron chi connectivity index (χ3n) is 1.81. The summed E-state index contributed by atoms with van der Waals surface area (Å²) < 4.78 is 1.93. The fraction of sp³-hybridized carbons (Fsp3) is 0.667. The van der Waals surface area contributed by atoms with E-state index in [0.717, 1.165) is 24.4 Å². The van der Waals surface area contributed by atoms with Gasteiger partial charge in [0.2, 0.25) is 0 Å². The van der Waals surface area contributed by atoms with Gasteiger partial charge in [-0.1, -0.05) is 0 Å². The summed E-state index contributed by atoms with van der Waals surface area (Å²) in [6.07, 6.45) is 2.30. The molecule has 0 spiro atoms. The molecule has 0 aliphatic carbocycles. The molecule has 0 amide bonds. The average Bonchev–Trinajstić information content (AvgIpc) is 2.39. The van der Waals surface area contributed by atoms with Crippen molar-refractivity contribution < 1.29 is 0 Å². The zero-order valence-electron chi connectivity index (χ0n) is 8.29. The molecule has 1 aromatic heterocycles. The van der Waals surface area contributed by atoms with Crippen LogP contribution in [0.5, 0.6) is 0 Å². The Morgan fingerprint density at radius 3 is 2.85 bits per heavy atom. The quantitative estimate of drug-likeness (QED) is 0.578. The van der Waals surface area contributed by atoms with Crippen molar-refractivity contribution in [3.8, 4) is 0 Å². The van der Waals surface area contributed by atoms with Gasteiger partial charge in [0, 0.05) is 7.05 Å². The van der Waals surface area contributed by atoms with Crippen LogP contribution in [0.15, 0.2) is 11.1 Å². The predicted molar refractivity (Wildman–Crippen MR) is 57.0 cm³/mol. The van der Waals surface area contributed by atoms with Crippen molar-refractivity contribution in [1.29, 1.82) is 0 Å². The maximum Gasteiger partial charge on any atom is 0.0939 e. The lowest BCUT2D eigenvalue weighted by Crippen LogP contribution is -1.99. The molecule has 74 valence electrons. The van der Waals surface area contributed by atoms with Crippen LogP contribution in [0.1, 0.15) is 18.5 Å². The Labute approximate surface area is 83.7 Å². The van der Waals surface area contributed by atoms with Crippen molar-refractivity contribution in [2.24, 2.45) is 12.8 Å². The van der Waals surface area contributed by atoms with Crippen molar-refractivity contribution >= 4 is 11.8 Å². The number of unbranched alkanes of at least 4 members (excludes halogenated alkanes) is 1. The highest BCUT2D eigenvalue weighted by atomic mass is 32.2. The zero-order valence-corrected chi connectivity index (χ0v) is 9.10. The fourth-order valence-corrected chi connectivity index (χ4v) is 2.18. The molecule has 0 aromatic carbocycles. The largest absolute Gasteiger partial charge is 0.330 e. The van der Waals surface area contributed by atoms with Gasteiger partial charge in [-0.25, -0.2) is 0 Å². The molecule has 0 saturated carbocycles. The summed E-state index contributed by atoms with van der Waals surface area (Å²) >= 11 is 1.85. The van der Waals surface area contributed by atoms with Gasteiger partial charge in [-0.3, -0.25) is 4.68 Å². The van der Waals surface area contributed by atoms with Gasteiger partial charge in [0.25, 0.3) is 0 Å². The van der Waals surface area contributed by atoms with Crippen LogP contribution < -0.4 is 5.73 Å². The lowest BCUT2D eigenvalue weighted by Gasteiger charge is -2.00. The highest BCUT2D eigenvalue weighted by Gasteiger charge is 2.01. The summed E-state index contributed by atoms with van der Waals surface area (Å²) in [5, 5.41) is 5.53. The number of aryl methyl sites for hydroxylation is 2. The second-order valence-corrected chi connectivity index (χ2v) is 4.21. The number of thioether (sulfide) groups is 1. The number of hydrogen-bond donors (Lipinski definition) is 1. The molecular weight excluding hydrogens is 182 g/mol. The van der Waals surface area contributed by atoms with Crippen molar-refractivity contribution in [3.63, 3.8) is 0 Å². The molecule has 0 fully saturated rings. The van der Waals surface area contributed by atoms with Gasteiger partial charge >= 0.3 is 0 Å². The van der Waals surface area contributed by atoms with Crippen molar-refractivity contribution in [3.05, 3.63) is 11.8 Å². The predicted octanol–water partition coefficient (Wildman–Crippen LogP) is 1.56. The van der Waals surface area contributed by atoms with Crippen LogP contribution >= 0.6 is 11.8 Å². The van der Waals surface area contributed by atoms with E-state index in [9.17, 15) is 0 Å². The first-order valence-electron chi connectivity index (χ1n) is 4.57. The Balaban J connectivity index is 2.32. The molecule has 0 aliphatic heterocycles. The molecule has 0 atom stereocenters. The summed E-state index contributed by atoms with van der Waals surface area (Å²) in [7, 11) is 1.98. The third kappa shape index (κ3) is 3.40. The lowest BCUT2D eigenvalue weighted by molar-refractivity contribution is 0.691. The topological polar surface area (TPSA) is 43.8 Å². The van der Waals surface area contributed by atoms with Crippen molar-refractivity contribution in [1.82, 2.24) is 9.78 Å². The van der Waals surface area contributed by atoms with Gasteiger partial charge < -0.3 is 5.73 Å². The summed E-state index contributed by atoms with van der Waals surface area (Å²) in [6.45, 7) is 2.81. The van der Waals surface area contributed by atoms with Gasteiger partial charge in [-0.15, -0.1) is 11.8 Å². The van der Waals surface area contributed by atoms with E-state index in [1.165, 1.54) is 11.4 Å². The van der Waals surface area contributed by atoms with E-state index < -0.39 is 0 Å². The molecule has 0 aliphatic rings. The van der Waals surface area contributed by atoms with Crippen LogP contribution in [0.25, 0.3) is 0 Å². The van der Waals surface area contributed by atoms with Crippen LogP contribution in [0.4, 0.5) is 0 Å². The normalized spacial score (nSPS) is 10.7. The van der Waals surface area contributed by atoms with Crippen molar-refractivity contribution in [2.45, 2.75) is 24.8 Å². The average molecular weight is 199 g/mol. The Bertz CT molecular complexity index is 257. The Hall–Kier alpha value is -0.480. The molecule has 1 heterocycles. The third-order valence-corrected chi connectivity index (χ3v) is 2.98. The summed E-state index contributed by atoms with van der Waals surface area (Å²) in [6, 6.07) is 2.12. The molecular formula is C9H17N3S. The smallest absolute Gasteiger partial charge is 0.0939 e. The van der Waals surface area contributed by atoms with E-state index in [0.29, 0.717) is 0 Å². The van der Waals surface area contributed by atoms with Crippen LogP contribution in [-0.2, 0) is 7.05 Å². The number of nitrogens with zero attached hydrogens (tertiary/aromatic N) is 2. The van der Waals surface area contributed by atoms with Crippen LogP contribution in [0.3, 0.4) is 0 Å². The molecule has 13 heavy (non-hydrogen) atoms. The minimum Gasteiger partial charge on any atom is -0.330 e. The number of rotatable bonds is 5. The first kappa shape index (κ1) is 10.6. The summed E-state index contributed by atoms with van der Waals surface area (Å²) in [5.41, 5.74) is 6.50. The van der Waals surface area contributed by atoms with E-state index in [4.69, 9.17) is 5.73 Å². The van der Waals surface area contributed by atoms with Crippen LogP contribution in [-0.4, -0.2) is 22.1 Å². The van der Waals surface area contributed by atoms with Gasteiger partial charge in [-0.2, -0.15) is 5.10 Å². The first-order chi connectivity index (χ1) is 6.24. The first-order valence-corrected chi connectivity index (χ1v) is 5.56. The number of hydrogen-bond acceptors (Lipinski definition) is 3. The van der Waals surface area contributed by atoms with Gasteiger partial charge in [0.15, 0.2) is 0 Å². The highest BCUT2D eigenvalue weighted by Crippen LogP contribution is 2.19. The zero-order chi connectivity index (χ0) is 9.68.